The molecule has 1 aromatic rings. The number of ether oxygens (including phenoxy) is 3. The maximum atomic E-state index is 11.8. The van der Waals surface area contributed by atoms with Crippen LogP contribution in [-0.4, -0.2) is 31.9 Å². The molecule has 7 heteroatoms. The lowest BCUT2D eigenvalue weighted by Crippen LogP contribution is -2.27. The number of halogens is 1. The van der Waals surface area contributed by atoms with Crippen LogP contribution in [0.15, 0.2) is 16.6 Å². The van der Waals surface area contributed by atoms with Gasteiger partial charge in [0.25, 0.3) is 0 Å². The number of hydrogen-bond acceptors (Lipinski definition) is 5. The van der Waals surface area contributed by atoms with E-state index in [9.17, 15) is 9.59 Å². The second kappa shape index (κ2) is 6.80. The molecule has 0 aliphatic rings. The Balaban J connectivity index is 3.14. The molecule has 21 heavy (non-hydrogen) atoms. The number of hydrogen-bond donors (Lipinski definition) is 1. The first-order chi connectivity index (χ1) is 9.67. The summed E-state index contributed by atoms with van der Waals surface area (Å²) >= 11 is 3.28. The lowest BCUT2D eigenvalue weighted by Gasteiger charge is -2.20. The summed E-state index contributed by atoms with van der Waals surface area (Å²) in [6.07, 6.45) is -0.669. The van der Waals surface area contributed by atoms with E-state index in [-0.39, 0.29) is 11.3 Å². The highest BCUT2D eigenvalue weighted by Gasteiger charge is 2.21. The molecule has 0 aliphatic heterocycles. The quantitative estimate of drug-likeness (QED) is 0.834. The molecule has 1 amide bonds. The third kappa shape index (κ3) is 4.93. The van der Waals surface area contributed by atoms with Gasteiger partial charge in [-0.3, -0.25) is 5.32 Å². The number of carbonyl (C=O) groups excluding carboxylic acids is 2. The first kappa shape index (κ1) is 17.3. The Morgan fingerprint density at radius 1 is 1.19 bits per heavy atom. The van der Waals surface area contributed by atoms with Gasteiger partial charge in [0.2, 0.25) is 0 Å². The highest BCUT2D eigenvalue weighted by Crippen LogP contribution is 2.32. The summed E-state index contributed by atoms with van der Waals surface area (Å²) in [5, 5.41) is 2.52. The molecular formula is C14H18BrNO5. The lowest BCUT2D eigenvalue weighted by atomic mass is 10.1. The number of methoxy groups -OCH3 is 2. The number of carbonyl (C=O) groups is 2. The fourth-order valence-corrected chi connectivity index (χ4v) is 2.01. The van der Waals surface area contributed by atoms with E-state index in [1.54, 1.807) is 20.8 Å². The predicted octanol–water partition coefficient (Wildman–Crippen LogP) is 3.59. The minimum atomic E-state index is -0.669. The summed E-state index contributed by atoms with van der Waals surface area (Å²) < 4.78 is 15.6. The Labute approximate surface area is 131 Å². The summed E-state index contributed by atoms with van der Waals surface area (Å²) in [5.41, 5.74) is -0.207. The SMILES string of the molecule is COC(=O)c1cc(Br)c(OC)cc1NC(=O)OC(C)(C)C. The molecule has 0 atom stereocenters. The first-order valence-electron chi connectivity index (χ1n) is 6.13. The van der Waals surface area contributed by atoms with Gasteiger partial charge in [-0.1, -0.05) is 0 Å². The molecule has 0 bridgehead atoms. The zero-order chi connectivity index (χ0) is 16.2. The largest absolute Gasteiger partial charge is 0.495 e. The number of benzene rings is 1. The summed E-state index contributed by atoms with van der Waals surface area (Å²) in [5.74, 6) is -0.113. The molecule has 0 heterocycles. The van der Waals surface area contributed by atoms with E-state index < -0.39 is 17.7 Å². The van der Waals surface area contributed by atoms with Crippen molar-refractivity contribution in [3.63, 3.8) is 0 Å². The monoisotopic (exact) mass is 359 g/mol. The smallest absolute Gasteiger partial charge is 0.412 e. The van der Waals surface area contributed by atoms with Crippen molar-refractivity contribution in [1.82, 2.24) is 0 Å². The second-order valence-electron chi connectivity index (χ2n) is 5.15. The number of amides is 1. The predicted molar refractivity (Wildman–Crippen MR) is 81.9 cm³/mol. The van der Waals surface area contributed by atoms with Crippen molar-refractivity contribution in [2.75, 3.05) is 19.5 Å². The highest BCUT2D eigenvalue weighted by atomic mass is 79.9. The van der Waals surface area contributed by atoms with E-state index in [0.717, 1.165) is 0 Å². The van der Waals surface area contributed by atoms with Crippen LogP contribution < -0.4 is 10.1 Å². The van der Waals surface area contributed by atoms with E-state index in [2.05, 4.69) is 21.2 Å². The maximum Gasteiger partial charge on any atom is 0.412 e. The Bertz CT molecular complexity index is 551. The molecule has 116 valence electrons. The average Bonchev–Trinajstić information content (AvgIpc) is 2.37. The molecule has 1 N–H and O–H groups in total. The van der Waals surface area contributed by atoms with Gasteiger partial charge in [0.1, 0.15) is 11.4 Å². The number of esters is 1. The van der Waals surface area contributed by atoms with Crippen LogP contribution in [0, 0.1) is 0 Å². The summed E-state index contributed by atoms with van der Waals surface area (Å²) in [7, 11) is 2.74. The van der Waals surface area contributed by atoms with E-state index in [4.69, 9.17) is 14.2 Å². The molecule has 0 saturated heterocycles. The van der Waals surface area contributed by atoms with Crippen LogP contribution >= 0.6 is 15.9 Å². The van der Waals surface area contributed by atoms with Crippen molar-refractivity contribution < 1.29 is 23.8 Å². The third-order valence-electron chi connectivity index (χ3n) is 2.33. The number of nitrogens with one attached hydrogen (secondary N) is 1. The van der Waals surface area contributed by atoms with Gasteiger partial charge in [0, 0.05) is 6.07 Å². The first-order valence-corrected chi connectivity index (χ1v) is 6.93. The van der Waals surface area contributed by atoms with Crippen LogP contribution in [0.3, 0.4) is 0 Å². The number of anilines is 1. The van der Waals surface area contributed by atoms with Gasteiger partial charge in [-0.15, -0.1) is 0 Å². The minimum absolute atomic E-state index is 0.191. The summed E-state index contributed by atoms with van der Waals surface area (Å²) in [4.78, 5) is 23.6. The van der Waals surface area contributed by atoms with E-state index in [1.165, 1.54) is 26.4 Å². The van der Waals surface area contributed by atoms with Crippen molar-refractivity contribution in [2.24, 2.45) is 0 Å². The van der Waals surface area contributed by atoms with Crippen LogP contribution in [0.4, 0.5) is 10.5 Å². The minimum Gasteiger partial charge on any atom is -0.495 e. The Morgan fingerprint density at radius 2 is 1.81 bits per heavy atom. The van der Waals surface area contributed by atoms with Crippen molar-refractivity contribution >= 4 is 33.7 Å². The molecule has 0 saturated carbocycles. The average molecular weight is 360 g/mol. The van der Waals surface area contributed by atoms with Crippen LogP contribution in [0.1, 0.15) is 31.1 Å². The van der Waals surface area contributed by atoms with Crippen molar-refractivity contribution in [1.29, 1.82) is 0 Å². The van der Waals surface area contributed by atoms with Crippen LogP contribution in [-0.2, 0) is 9.47 Å². The summed E-state index contributed by atoms with van der Waals surface area (Å²) in [6.45, 7) is 5.24. The lowest BCUT2D eigenvalue weighted by molar-refractivity contribution is 0.0601. The Morgan fingerprint density at radius 3 is 2.29 bits per heavy atom. The topological polar surface area (TPSA) is 73.9 Å². The van der Waals surface area contributed by atoms with Gasteiger partial charge in [-0.05, 0) is 42.8 Å². The number of rotatable bonds is 3. The van der Waals surface area contributed by atoms with Gasteiger partial charge < -0.3 is 14.2 Å². The molecule has 1 rings (SSSR count). The van der Waals surface area contributed by atoms with E-state index >= 15 is 0 Å². The highest BCUT2D eigenvalue weighted by molar-refractivity contribution is 9.10. The van der Waals surface area contributed by atoms with Gasteiger partial charge in [-0.2, -0.15) is 0 Å². The molecule has 6 nitrogen and oxygen atoms in total. The van der Waals surface area contributed by atoms with E-state index in [0.29, 0.717) is 10.2 Å². The maximum absolute atomic E-state index is 11.8. The van der Waals surface area contributed by atoms with Gasteiger partial charge >= 0.3 is 12.1 Å². The Hall–Kier alpha value is -1.76. The van der Waals surface area contributed by atoms with Crippen molar-refractivity contribution in [2.45, 2.75) is 26.4 Å². The molecule has 0 fully saturated rings. The van der Waals surface area contributed by atoms with Gasteiger partial charge in [0.15, 0.2) is 0 Å². The zero-order valence-electron chi connectivity index (χ0n) is 12.6. The Kier molecular flexibility index (Phi) is 5.60. The van der Waals surface area contributed by atoms with Crippen molar-refractivity contribution in [3.05, 3.63) is 22.2 Å². The van der Waals surface area contributed by atoms with Crippen LogP contribution in [0.5, 0.6) is 5.75 Å². The fraction of sp³-hybridized carbons (Fsp3) is 0.429. The molecule has 0 spiro atoms. The van der Waals surface area contributed by atoms with Crippen LogP contribution in [0.2, 0.25) is 0 Å². The zero-order valence-corrected chi connectivity index (χ0v) is 14.2. The summed E-state index contributed by atoms with van der Waals surface area (Å²) in [6, 6.07) is 3.03. The standard InChI is InChI=1S/C14H18BrNO5/c1-14(2,3)21-13(18)16-10-7-11(19-4)9(15)6-8(10)12(17)20-5/h6-7H,1-5H3,(H,16,18). The van der Waals surface area contributed by atoms with E-state index in [1.807, 2.05) is 0 Å². The second-order valence-corrected chi connectivity index (χ2v) is 6.01. The molecular weight excluding hydrogens is 342 g/mol. The molecule has 0 radical (unpaired) electrons. The van der Waals surface area contributed by atoms with Gasteiger partial charge in [-0.25, -0.2) is 9.59 Å². The third-order valence-corrected chi connectivity index (χ3v) is 2.95. The molecule has 0 aromatic heterocycles. The fourth-order valence-electron chi connectivity index (χ4n) is 1.51. The molecule has 0 unspecified atom stereocenters. The normalized spacial score (nSPS) is 10.8. The van der Waals surface area contributed by atoms with Crippen LogP contribution in [0.25, 0.3) is 0 Å². The van der Waals surface area contributed by atoms with Crippen molar-refractivity contribution in [3.8, 4) is 5.75 Å². The molecule has 1 aromatic carbocycles. The molecule has 0 aliphatic carbocycles. The van der Waals surface area contributed by atoms with Gasteiger partial charge in [0.05, 0.1) is 29.9 Å².